The Balaban J connectivity index is 2.11. The summed E-state index contributed by atoms with van der Waals surface area (Å²) in [6, 6.07) is 9.78. The second-order valence-corrected chi connectivity index (χ2v) is 5.31. The van der Waals surface area contributed by atoms with Crippen molar-refractivity contribution >= 4 is 46.4 Å². The van der Waals surface area contributed by atoms with Crippen LogP contribution in [0.4, 0.5) is 5.69 Å². The quantitative estimate of drug-likeness (QED) is 0.807. The SMILES string of the molecule is COc1cccc(C(=O)NNc2c(Cl)cc(Cl)cc2Cl)c1. The third-order valence-electron chi connectivity index (χ3n) is 2.64. The Labute approximate surface area is 136 Å². The van der Waals surface area contributed by atoms with Gasteiger partial charge in [-0.15, -0.1) is 0 Å². The van der Waals surface area contributed by atoms with Crippen LogP contribution < -0.4 is 15.6 Å². The Morgan fingerprint density at radius 3 is 2.38 bits per heavy atom. The molecule has 0 spiro atoms. The first-order valence-electron chi connectivity index (χ1n) is 5.86. The van der Waals surface area contributed by atoms with E-state index in [-0.39, 0.29) is 5.91 Å². The van der Waals surface area contributed by atoms with E-state index in [1.54, 1.807) is 24.3 Å². The predicted molar refractivity (Wildman–Crippen MR) is 85.6 cm³/mol. The first kappa shape index (κ1) is 15.8. The van der Waals surface area contributed by atoms with Crippen molar-refractivity contribution in [3.8, 4) is 5.75 Å². The topological polar surface area (TPSA) is 50.4 Å². The summed E-state index contributed by atoms with van der Waals surface area (Å²) in [4.78, 5) is 12.0. The molecule has 0 heterocycles. The van der Waals surface area contributed by atoms with E-state index in [1.165, 1.54) is 19.2 Å². The zero-order valence-corrected chi connectivity index (χ0v) is 13.2. The van der Waals surface area contributed by atoms with Crippen LogP contribution in [-0.2, 0) is 0 Å². The number of nitrogens with one attached hydrogen (secondary N) is 2. The van der Waals surface area contributed by atoms with E-state index in [1.807, 2.05) is 0 Å². The standard InChI is InChI=1S/C14H11Cl3N2O2/c1-21-10-4-2-3-8(5-10)14(20)19-18-13-11(16)6-9(15)7-12(13)17/h2-7,18H,1H3,(H,19,20). The minimum absolute atomic E-state index is 0.304. The summed E-state index contributed by atoms with van der Waals surface area (Å²) in [5, 5.41) is 1.02. The predicted octanol–water partition coefficient (Wildman–Crippen LogP) is 4.41. The summed E-state index contributed by atoms with van der Waals surface area (Å²) in [5.74, 6) is 0.237. The van der Waals surface area contributed by atoms with Crippen molar-refractivity contribution < 1.29 is 9.53 Å². The molecular formula is C14H11Cl3N2O2. The number of ether oxygens (including phenoxy) is 1. The van der Waals surface area contributed by atoms with Crippen LogP contribution in [0.25, 0.3) is 0 Å². The molecule has 0 bridgehead atoms. The molecule has 2 aromatic carbocycles. The Morgan fingerprint density at radius 2 is 1.76 bits per heavy atom. The summed E-state index contributed by atoms with van der Waals surface area (Å²) in [7, 11) is 1.53. The molecule has 7 heteroatoms. The molecule has 2 rings (SSSR count). The van der Waals surface area contributed by atoms with Crippen molar-refractivity contribution in [2.24, 2.45) is 0 Å². The number of anilines is 1. The van der Waals surface area contributed by atoms with E-state index >= 15 is 0 Å². The molecular weight excluding hydrogens is 335 g/mol. The molecule has 2 N–H and O–H groups in total. The van der Waals surface area contributed by atoms with E-state index in [0.717, 1.165) is 0 Å². The molecule has 0 saturated heterocycles. The minimum atomic E-state index is -0.351. The molecule has 1 amide bonds. The van der Waals surface area contributed by atoms with Crippen LogP contribution in [0, 0.1) is 0 Å². The molecule has 110 valence electrons. The van der Waals surface area contributed by atoms with Crippen molar-refractivity contribution in [2.75, 3.05) is 12.5 Å². The number of hydrazine groups is 1. The number of halogens is 3. The smallest absolute Gasteiger partial charge is 0.269 e. The highest BCUT2D eigenvalue weighted by Crippen LogP contribution is 2.33. The minimum Gasteiger partial charge on any atom is -0.497 e. The maximum absolute atomic E-state index is 12.0. The van der Waals surface area contributed by atoms with Crippen LogP contribution in [0.15, 0.2) is 36.4 Å². The summed E-state index contributed by atoms with van der Waals surface area (Å²) in [6.45, 7) is 0. The van der Waals surface area contributed by atoms with E-state index in [4.69, 9.17) is 39.5 Å². The molecule has 0 atom stereocenters. The van der Waals surface area contributed by atoms with Gasteiger partial charge in [0.1, 0.15) is 5.75 Å². The largest absolute Gasteiger partial charge is 0.497 e. The van der Waals surface area contributed by atoms with Gasteiger partial charge in [0.05, 0.1) is 22.8 Å². The van der Waals surface area contributed by atoms with Gasteiger partial charge in [-0.2, -0.15) is 0 Å². The maximum atomic E-state index is 12.0. The van der Waals surface area contributed by atoms with Crippen LogP contribution in [0.2, 0.25) is 15.1 Å². The molecule has 0 unspecified atom stereocenters. The van der Waals surface area contributed by atoms with E-state index in [2.05, 4.69) is 10.9 Å². The highest BCUT2D eigenvalue weighted by atomic mass is 35.5. The van der Waals surface area contributed by atoms with Gasteiger partial charge in [-0.25, -0.2) is 0 Å². The summed E-state index contributed by atoms with van der Waals surface area (Å²) < 4.78 is 5.06. The zero-order chi connectivity index (χ0) is 15.4. The lowest BCUT2D eigenvalue weighted by Gasteiger charge is -2.12. The molecule has 0 radical (unpaired) electrons. The van der Waals surface area contributed by atoms with Gasteiger partial charge in [-0.3, -0.25) is 15.6 Å². The van der Waals surface area contributed by atoms with Gasteiger partial charge in [-0.1, -0.05) is 40.9 Å². The Morgan fingerprint density at radius 1 is 1.10 bits per heavy atom. The number of hydrogen-bond acceptors (Lipinski definition) is 3. The van der Waals surface area contributed by atoms with E-state index < -0.39 is 0 Å². The highest BCUT2D eigenvalue weighted by Gasteiger charge is 2.10. The van der Waals surface area contributed by atoms with Gasteiger partial charge in [0.15, 0.2) is 0 Å². The molecule has 0 saturated carbocycles. The normalized spacial score (nSPS) is 10.1. The lowest BCUT2D eigenvalue weighted by atomic mass is 10.2. The van der Waals surface area contributed by atoms with Crippen LogP contribution in [0.5, 0.6) is 5.75 Å². The van der Waals surface area contributed by atoms with E-state index in [9.17, 15) is 4.79 Å². The van der Waals surface area contributed by atoms with Crippen molar-refractivity contribution in [1.82, 2.24) is 5.43 Å². The fourth-order valence-electron chi connectivity index (χ4n) is 1.62. The van der Waals surface area contributed by atoms with Gasteiger partial charge in [0, 0.05) is 10.6 Å². The van der Waals surface area contributed by atoms with Gasteiger partial charge < -0.3 is 4.74 Å². The van der Waals surface area contributed by atoms with Crippen LogP contribution >= 0.6 is 34.8 Å². The van der Waals surface area contributed by atoms with Gasteiger partial charge in [0.25, 0.3) is 5.91 Å². The second kappa shape index (κ2) is 6.89. The third-order valence-corrected chi connectivity index (χ3v) is 3.45. The van der Waals surface area contributed by atoms with Crippen molar-refractivity contribution in [1.29, 1.82) is 0 Å². The second-order valence-electron chi connectivity index (χ2n) is 4.06. The van der Waals surface area contributed by atoms with Crippen LogP contribution in [0.3, 0.4) is 0 Å². The fourth-order valence-corrected chi connectivity index (χ4v) is 2.53. The number of amides is 1. The molecule has 0 aromatic heterocycles. The number of carbonyl (C=O) groups excluding carboxylic acids is 1. The van der Waals surface area contributed by atoms with E-state index in [0.29, 0.717) is 32.1 Å². The van der Waals surface area contributed by atoms with Crippen molar-refractivity contribution in [3.05, 3.63) is 57.0 Å². The van der Waals surface area contributed by atoms with Gasteiger partial charge in [-0.05, 0) is 30.3 Å². The number of benzene rings is 2. The zero-order valence-electron chi connectivity index (χ0n) is 10.9. The van der Waals surface area contributed by atoms with Crippen molar-refractivity contribution in [2.45, 2.75) is 0 Å². The summed E-state index contributed by atoms with van der Waals surface area (Å²) in [5.41, 5.74) is 6.00. The average Bonchev–Trinajstić information content (AvgIpc) is 2.46. The lowest BCUT2D eigenvalue weighted by molar-refractivity contribution is 0.0962. The van der Waals surface area contributed by atoms with Crippen LogP contribution in [0.1, 0.15) is 10.4 Å². The Bertz CT molecular complexity index is 654. The molecule has 0 aliphatic carbocycles. The molecule has 2 aromatic rings. The van der Waals surface area contributed by atoms with Crippen molar-refractivity contribution in [3.63, 3.8) is 0 Å². The molecule has 0 aliphatic heterocycles. The third kappa shape index (κ3) is 3.94. The summed E-state index contributed by atoms with van der Waals surface area (Å²) >= 11 is 17.8. The highest BCUT2D eigenvalue weighted by molar-refractivity contribution is 6.41. The Kier molecular flexibility index (Phi) is 5.17. The average molecular weight is 346 g/mol. The number of hydrogen-bond donors (Lipinski definition) is 2. The molecule has 4 nitrogen and oxygen atoms in total. The number of carbonyl (C=O) groups is 1. The number of methoxy groups -OCH3 is 1. The molecule has 0 aliphatic rings. The van der Waals surface area contributed by atoms with Gasteiger partial charge >= 0.3 is 0 Å². The fraction of sp³-hybridized carbons (Fsp3) is 0.0714. The van der Waals surface area contributed by atoms with Gasteiger partial charge in [0.2, 0.25) is 0 Å². The molecule has 21 heavy (non-hydrogen) atoms. The Hall–Kier alpha value is -1.62. The summed E-state index contributed by atoms with van der Waals surface area (Å²) in [6.07, 6.45) is 0. The maximum Gasteiger partial charge on any atom is 0.269 e. The molecule has 0 fully saturated rings. The number of rotatable bonds is 4. The lowest BCUT2D eigenvalue weighted by Crippen LogP contribution is -2.29. The monoisotopic (exact) mass is 344 g/mol. The first-order valence-corrected chi connectivity index (χ1v) is 6.99. The first-order chi connectivity index (χ1) is 10.0. The van der Waals surface area contributed by atoms with Crippen LogP contribution in [-0.4, -0.2) is 13.0 Å².